The predicted molar refractivity (Wildman–Crippen MR) is 188 cm³/mol. The second-order valence-electron chi connectivity index (χ2n) is 13.8. The van der Waals surface area contributed by atoms with Crippen LogP contribution in [0.25, 0.3) is 0 Å². The van der Waals surface area contributed by atoms with E-state index in [9.17, 15) is 0 Å². The van der Waals surface area contributed by atoms with Gasteiger partial charge in [-0.05, 0) is 32.1 Å². The SMILES string of the molecule is CCCCCCCCCCCCCCCCCCCn1cc[n+](CCCCCCCCCC)c1CCCCCCCC. The van der Waals surface area contributed by atoms with E-state index in [1.165, 1.54) is 219 Å². The van der Waals surface area contributed by atoms with Gasteiger partial charge in [0.25, 0.3) is 5.82 Å². The highest BCUT2D eigenvalue weighted by molar-refractivity contribution is 4.84. The molecule has 0 radical (unpaired) electrons. The molecule has 0 unspecified atom stereocenters. The topological polar surface area (TPSA) is 8.81 Å². The zero-order valence-corrected chi connectivity index (χ0v) is 29.6. The quantitative estimate of drug-likeness (QED) is 0.0560. The number of imidazole rings is 1. The van der Waals surface area contributed by atoms with Crippen LogP contribution in [0.5, 0.6) is 0 Å². The lowest BCUT2D eigenvalue weighted by atomic mass is 10.0. The third-order valence-corrected chi connectivity index (χ3v) is 9.60. The van der Waals surface area contributed by atoms with Crippen molar-refractivity contribution in [2.24, 2.45) is 0 Å². The predicted octanol–water partition coefficient (Wildman–Crippen LogP) is 13.5. The molecule has 248 valence electrons. The van der Waals surface area contributed by atoms with Crippen LogP contribution in [0.3, 0.4) is 0 Å². The van der Waals surface area contributed by atoms with Crippen molar-refractivity contribution < 1.29 is 4.57 Å². The van der Waals surface area contributed by atoms with Crippen LogP contribution in [-0.2, 0) is 19.5 Å². The first-order valence-electron chi connectivity index (χ1n) is 19.9. The molecule has 0 N–H and O–H groups in total. The van der Waals surface area contributed by atoms with E-state index in [-0.39, 0.29) is 0 Å². The molecule has 0 saturated carbocycles. The van der Waals surface area contributed by atoms with Crippen LogP contribution < -0.4 is 4.57 Å². The third kappa shape index (κ3) is 23.6. The van der Waals surface area contributed by atoms with Crippen molar-refractivity contribution in [2.45, 2.75) is 239 Å². The van der Waals surface area contributed by atoms with Gasteiger partial charge in [-0.3, -0.25) is 0 Å². The van der Waals surface area contributed by atoms with Crippen LogP contribution in [0.4, 0.5) is 0 Å². The van der Waals surface area contributed by atoms with Gasteiger partial charge in [0.15, 0.2) is 0 Å². The molecule has 1 aromatic heterocycles. The minimum Gasteiger partial charge on any atom is -0.234 e. The van der Waals surface area contributed by atoms with Gasteiger partial charge < -0.3 is 0 Å². The fourth-order valence-electron chi connectivity index (χ4n) is 6.68. The Morgan fingerprint density at radius 3 is 1.14 bits per heavy atom. The van der Waals surface area contributed by atoms with Gasteiger partial charge in [-0.2, -0.15) is 0 Å². The molecule has 0 saturated heterocycles. The fraction of sp³-hybridized carbons (Fsp3) is 0.925. The summed E-state index contributed by atoms with van der Waals surface area (Å²) < 4.78 is 5.25. The van der Waals surface area contributed by atoms with Crippen molar-refractivity contribution in [3.05, 3.63) is 18.2 Å². The third-order valence-electron chi connectivity index (χ3n) is 9.60. The molecule has 0 aromatic carbocycles. The first-order chi connectivity index (χ1) is 20.8. The largest absolute Gasteiger partial charge is 0.256 e. The molecule has 0 aliphatic carbocycles. The summed E-state index contributed by atoms with van der Waals surface area (Å²) in [6, 6.07) is 0. The molecule has 1 rings (SSSR count). The minimum atomic E-state index is 1.23. The summed E-state index contributed by atoms with van der Waals surface area (Å²) in [5.74, 6) is 1.62. The van der Waals surface area contributed by atoms with Crippen LogP contribution in [-0.4, -0.2) is 4.57 Å². The number of hydrogen-bond donors (Lipinski definition) is 0. The Hall–Kier alpha value is -0.790. The Labute approximate surface area is 266 Å². The van der Waals surface area contributed by atoms with Crippen molar-refractivity contribution in [1.29, 1.82) is 0 Å². The van der Waals surface area contributed by atoms with E-state index in [1.807, 2.05) is 0 Å². The van der Waals surface area contributed by atoms with Crippen molar-refractivity contribution >= 4 is 0 Å². The molecule has 0 amide bonds. The Kier molecular flexibility index (Phi) is 29.5. The highest BCUT2D eigenvalue weighted by Crippen LogP contribution is 2.15. The molecular weight excluding hydrogens is 508 g/mol. The van der Waals surface area contributed by atoms with Gasteiger partial charge in [0, 0.05) is 6.42 Å². The van der Waals surface area contributed by atoms with Gasteiger partial charge in [-0.1, -0.05) is 188 Å². The molecule has 2 nitrogen and oxygen atoms in total. The van der Waals surface area contributed by atoms with Gasteiger partial charge >= 0.3 is 0 Å². The second kappa shape index (κ2) is 31.6. The van der Waals surface area contributed by atoms with E-state index >= 15 is 0 Å². The van der Waals surface area contributed by atoms with Crippen molar-refractivity contribution in [3.63, 3.8) is 0 Å². The van der Waals surface area contributed by atoms with Crippen LogP contribution >= 0.6 is 0 Å². The number of nitrogens with zero attached hydrogens (tertiary/aromatic N) is 2. The average molecular weight is 588 g/mol. The smallest absolute Gasteiger partial charge is 0.234 e. The second-order valence-corrected chi connectivity index (χ2v) is 13.8. The maximum Gasteiger partial charge on any atom is 0.256 e. The van der Waals surface area contributed by atoms with E-state index in [1.54, 1.807) is 5.82 Å². The zero-order valence-electron chi connectivity index (χ0n) is 29.6. The highest BCUT2D eigenvalue weighted by atomic mass is 15.1. The summed E-state index contributed by atoms with van der Waals surface area (Å²) in [5, 5.41) is 0. The van der Waals surface area contributed by atoms with Gasteiger partial charge in [0.05, 0.1) is 13.1 Å². The van der Waals surface area contributed by atoms with Gasteiger partial charge in [-0.25, -0.2) is 9.13 Å². The Bertz CT molecular complexity index is 648. The highest BCUT2D eigenvalue weighted by Gasteiger charge is 2.16. The van der Waals surface area contributed by atoms with Crippen LogP contribution in [0.15, 0.2) is 12.4 Å². The molecule has 2 heteroatoms. The molecule has 42 heavy (non-hydrogen) atoms. The van der Waals surface area contributed by atoms with E-state index in [0.717, 1.165) is 0 Å². The van der Waals surface area contributed by atoms with Crippen LogP contribution in [0.1, 0.15) is 226 Å². The summed E-state index contributed by atoms with van der Waals surface area (Å²) in [6.45, 7) is 9.40. The summed E-state index contributed by atoms with van der Waals surface area (Å²) in [6.07, 6.45) is 50.4. The number of hydrogen-bond acceptors (Lipinski definition) is 0. The molecule has 1 aromatic rings. The summed E-state index contributed by atoms with van der Waals surface area (Å²) >= 11 is 0. The summed E-state index contributed by atoms with van der Waals surface area (Å²) in [4.78, 5) is 0. The number of unbranched alkanes of at least 4 members (excludes halogenated alkanes) is 28. The maximum absolute atomic E-state index is 2.63. The minimum absolute atomic E-state index is 1.23. The molecule has 0 atom stereocenters. The van der Waals surface area contributed by atoms with E-state index in [2.05, 4.69) is 42.3 Å². The lowest BCUT2D eigenvalue weighted by molar-refractivity contribution is -0.704. The van der Waals surface area contributed by atoms with Gasteiger partial charge in [0.1, 0.15) is 12.4 Å². The zero-order chi connectivity index (χ0) is 30.2. The Balaban J connectivity index is 2.17. The van der Waals surface area contributed by atoms with Crippen LogP contribution in [0, 0.1) is 0 Å². The monoisotopic (exact) mass is 588 g/mol. The first kappa shape index (κ1) is 39.2. The maximum atomic E-state index is 2.63. The van der Waals surface area contributed by atoms with Gasteiger partial charge in [-0.15, -0.1) is 0 Å². The fourth-order valence-corrected chi connectivity index (χ4v) is 6.68. The molecule has 0 spiro atoms. The number of aryl methyl sites for hydroxylation is 2. The summed E-state index contributed by atoms with van der Waals surface area (Å²) in [5.41, 5.74) is 0. The number of rotatable bonds is 34. The standard InChI is InChI=1S/C40H79N2/c1-4-7-10-13-16-18-19-20-21-22-23-24-25-26-28-31-34-37-42-39-38-41(36-33-30-27-17-14-11-8-5-2)40(42)35-32-29-15-12-9-6-3/h38-39H,4-37H2,1-3H3/q+1. The lowest BCUT2D eigenvalue weighted by Crippen LogP contribution is -2.37. The summed E-state index contributed by atoms with van der Waals surface area (Å²) in [7, 11) is 0. The molecular formula is C40H79N2+. The number of aromatic nitrogens is 2. The molecule has 1 heterocycles. The average Bonchev–Trinajstić information content (AvgIpc) is 3.38. The Morgan fingerprint density at radius 1 is 0.405 bits per heavy atom. The molecule has 0 aliphatic heterocycles. The van der Waals surface area contributed by atoms with Crippen LogP contribution in [0.2, 0.25) is 0 Å². The molecule has 0 aliphatic rings. The van der Waals surface area contributed by atoms with Crippen molar-refractivity contribution in [2.75, 3.05) is 0 Å². The molecule has 0 bridgehead atoms. The van der Waals surface area contributed by atoms with Gasteiger partial charge in [0.2, 0.25) is 0 Å². The van der Waals surface area contributed by atoms with Crippen molar-refractivity contribution in [1.82, 2.24) is 4.57 Å². The lowest BCUT2D eigenvalue weighted by Gasteiger charge is -2.07. The van der Waals surface area contributed by atoms with E-state index in [4.69, 9.17) is 0 Å². The Morgan fingerprint density at radius 2 is 0.738 bits per heavy atom. The molecule has 0 fully saturated rings. The normalized spacial score (nSPS) is 11.6. The van der Waals surface area contributed by atoms with E-state index < -0.39 is 0 Å². The van der Waals surface area contributed by atoms with E-state index in [0.29, 0.717) is 0 Å². The first-order valence-corrected chi connectivity index (χ1v) is 19.9. The van der Waals surface area contributed by atoms with Crippen molar-refractivity contribution in [3.8, 4) is 0 Å².